The maximum absolute atomic E-state index is 11.6. The zero-order valence-corrected chi connectivity index (χ0v) is 10.7. The number of thiazole rings is 1. The van der Waals surface area contributed by atoms with Crippen molar-refractivity contribution in [2.75, 3.05) is 13.2 Å². The van der Waals surface area contributed by atoms with Gasteiger partial charge in [0.05, 0.1) is 17.3 Å². The highest BCUT2D eigenvalue weighted by Crippen LogP contribution is 2.16. The lowest BCUT2D eigenvalue weighted by Gasteiger charge is -2.26. The van der Waals surface area contributed by atoms with Crippen LogP contribution in [0.4, 0.5) is 0 Å². The molecule has 1 heterocycles. The second-order valence-electron chi connectivity index (χ2n) is 3.95. The van der Waals surface area contributed by atoms with Gasteiger partial charge in [0.2, 0.25) is 0 Å². The van der Waals surface area contributed by atoms with E-state index in [0.29, 0.717) is 24.1 Å². The lowest BCUT2D eigenvalue weighted by molar-refractivity contribution is 0.0213. The molecule has 17 heavy (non-hydrogen) atoms. The Kier molecular flexibility index (Phi) is 5.54. The molecule has 5 nitrogen and oxygen atoms in total. The molecule has 1 amide bonds. The minimum absolute atomic E-state index is 0.0467. The van der Waals surface area contributed by atoms with E-state index >= 15 is 0 Å². The van der Waals surface area contributed by atoms with Gasteiger partial charge < -0.3 is 15.5 Å². The molecule has 0 aliphatic rings. The molecule has 0 radical (unpaired) electrons. The van der Waals surface area contributed by atoms with Crippen molar-refractivity contribution in [1.29, 1.82) is 0 Å². The number of nitrogens with zero attached hydrogens (tertiary/aromatic N) is 1. The molecule has 1 aromatic rings. The van der Waals surface area contributed by atoms with Gasteiger partial charge in [-0.15, -0.1) is 11.3 Å². The van der Waals surface area contributed by atoms with E-state index in [1.165, 1.54) is 17.5 Å². The van der Waals surface area contributed by atoms with E-state index in [4.69, 9.17) is 5.11 Å². The first-order valence-electron chi connectivity index (χ1n) is 5.61. The lowest BCUT2D eigenvalue weighted by Crippen LogP contribution is -2.42. The van der Waals surface area contributed by atoms with Gasteiger partial charge in [-0.05, 0) is 19.3 Å². The quantitative estimate of drug-likeness (QED) is 0.675. The second kappa shape index (κ2) is 6.68. The highest BCUT2D eigenvalue weighted by atomic mass is 32.1. The molecule has 1 unspecified atom stereocenters. The number of aliphatic hydroxyl groups excluding tert-OH is 1. The summed E-state index contributed by atoms with van der Waals surface area (Å²) in [6, 6.07) is 0. The third-order valence-electron chi connectivity index (χ3n) is 2.69. The van der Waals surface area contributed by atoms with Crippen molar-refractivity contribution in [3.05, 3.63) is 16.6 Å². The predicted octanol–water partition coefficient (Wildman–Crippen LogP) is 0.786. The molecule has 0 aromatic carbocycles. The fourth-order valence-electron chi connectivity index (χ4n) is 1.46. The number of aliphatic hydroxyl groups is 2. The van der Waals surface area contributed by atoms with Gasteiger partial charge >= 0.3 is 0 Å². The van der Waals surface area contributed by atoms with E-state index in [1.54, 1.807) is 5.51 Å². The molecule has 0 fully saturated rings. The van der Waals surface area contributed by atoms with Crippen molar-refractivity contribution in [3.8, 4) is 0 Å². The minimum atomic E-state index is -0.941. The van der Waals surface area contributed by atoms with Crippen molar-refractivity contribution in [3.63, 3.8) is 0 Å². The standard InChI is InChI=1S/C11H18N2O3S/c1-2-11(16,4-3-5-14)7-13-10(15)9-6-12-8-17-9/h6,8,14,16H,2-5,7H2,1H3,(H,13,15). The first-order chi connectivity index (χ1) is 8.11. The van der Waals surface area contributed by atoms with Crippen LogP contribution < -0.4 is 5.32 Å². The lowest BCUT2D eigenvalue weighted by atomic mass is 9.94. The SMILES string of the molecule is CCC(O)(CCCO)CNC(=O)c1cncs1. The van der Waals surface area contributed by atoms with Crippen LogP contribution >= 0.6 is 11.3 Å². The summed E-state index contributed by atoms with van der Waals surface area (Å²) in [7, 11) is 0. The van der Waals surface area contributed by atoms with Crippen molar-refractivity contribution in [2.45, 2.75) is 31.8 Å². The summed E-state index contributed by atoms with van der Waals surface area (Å²) in [6.45, 7) is 2.10. The van der Waals surface area contributed by atoms with Gasteiger partial charge in [-0.25, -0.2) is 0 Å². The van der Waals surface area contributed by atoms with Crippen LogP contribution in [0, 0.1) is 0 Å². The van der Waals surface area contributed by atoms with Gasteiger partial charge in [-0.3, -0.25) is 9.78 Å². The Bertz CT molecular complexity index is 342. The molecule has 96 valence electrons. The molecular formula is C11H18N2O3S. The maximum Gasteiger partial charge on any atom is 0.263 e. The van der Waals surface area contributed by atoms with Crippen LogP contribution in [0.1, 0.15) is 35.9 Å². The Morgan fingerprint density at radius 1 is 1.65 bits per heavy atom. The average molecular weight is 258 g/mol. The fraction of sp³-hybridized carbons (Fsp3) is 0.636. The van der Waals surface area contributed by atoms with E-state index in [9.17, 15) is 9.90 Å². The zero-order chi connectivity index (χ0) is 12.7. The first kappa shape index (κ1) is 14.1. The average Bonchev–Trinajstić information content (AvgIpc) is 2.87. The molecule has 0 aliphatic carbocycles. The summed E-state index contributed by atoms with van der Waals surface area (Å²) < 4.78 is 0. The normalized spacial score (nSPS) is 14.3. The van der Waals surface area contributed by atoms with Crippen LogP contribution in [0.25, 0.3) is 0 Å². The van der Waals surface area contributed by atoms with E-state index in [0.717, 1.165) is 0 Å². The Morgan fingerprint density at radius 3 is 2.94 bits per heavy atom. The summed E-state index contributed by atoms with van der Waals surface area (Å²) >= 11 is 1.26. The van der Waals surface area contributed by atoms with Gasteiger partial charge in [-0.2, -0.15) is 0 Å². The van der Waals surface area contributed by atoms with Crippen LogP contribution in [0.15, 0.2) is 11.7 Å². The van der Waals surface area contributed by atoms with Gasteiger partial charge in [0, 0.05) is 13.2 Å². The summed E-state index contributed by atoms with van der Waals surface area (Å²) in [6.07, 6.45) is 3.04. The molecule has 0 spiro atoms. The van der Waals surface area contributed by atoms with Crippen molar-refractivity contribution in [2.24, 2.45) is 0 Å². The third-order valence-corrected chi connectivity index (χ3v) is 3.46. The second-order valence-corrected chi connectivity index (χ2v) is 4.84. The summed E-state index contributed by atoms with van der Waals surface area (Å²) in [4.78, 5) is 16.0. The van der Waals surface area contributed by atoms with Crippen LogP contribution in [-0.4, -0.2) is 39.9 Å². The summed E-state index contributed by atoms with van der Waals surface area (Å²) in [5, 5.41) is 21.6. The fourth-order valence-corrected chi connectivity index (χ4v) is 1.99. The van der Waals surface area contributed by atoms with Gasteiger partial charge in [0.25, 0.3) is 5.91 Å². The number of amides is 1. The summed E-state index contributed by atoms with van der Waals surface area (Å²) in [5.74, 6) is -0.219. The zero-order valence-electron chi connectivity index (χ0n) is 9.85. The molecule has 6 heteroatoms. The van der Waals surface area contributed by atoms with Crippen molar-refractivity contribution in [1.82, 2.24) is 10.3 Å². The van der Waals surface area contributed by atoms with Crippen molar-refractivity contribution >= 4 is 17.2 Å². The molecule has 0 aliphatic heterocycles. The Morgan fingerprint density at radius 2 is 2.41 bits per heavy atom. The number of carbonyl (C=O) groups excluding carboxylic acids is 1. The van der Waals surface area contributed by atoms with Crippen LogP contribution in [0.5, 0.6) is 0 Å². The number of hydrogen-bond acceptors (Lipinski definition) is 5. The monoisotopic (exact) mass is 258 g/mol. The largest absolute Gasteiger partial charge is 0.396 e. The Labute approximate surface area is 105 Å². The van der Waals surface area contributed by atoms with E-state index in [2.05, 4.69) is 10.3 Å². The maximum atomic E-state index is 11.6. The number of carbonyl (C=O) groups is 1. The van der Waals surface area contributed by atoms with E-state index in [1.807, 2.05) is 6.92 Å². The smallest absolute Gasteiger partial charge is 0.263 e. The highest BCUT2D eigenvalue weighted by molar-refractivity contribution is 7.11. The highest BCUT2D eigenvalue weighted by Gasteiger charge is 2.25. The molecule has 1 aromatic heterocycles. The first-order valence-corrected chi connectivity index (χ1v) is 6.49. The van der Waals surface area contributed by atoms with Gasteiger partial charge in [0.1, 0.15) is 4.88 Å². The molecule has 0 bridgehead atoms. The van der Waals surface area contributed by atoms with Gasteiger partial charge in [-0.1, -0.05) is 6.92 Å². The molecule has 3 N–H and O–H groups in total. The van der Waals surface area contributed by atoms with E-state index < -0.39 is 5.60 Å². The molecule has 0 saturated heterocycles. The van der Waals surface area contributed by atoms with Crippen LogP contribution in [0.2, 0.25) is 0 Å². The predicted molar refractivity (Wildman–Crippen MR) is 66.0 cm³/mol. The number of rotatable bonds is 7. The van der Waals surface area contributed by atoms with Crippen molar-refractivity contribution < 1.29 is 15.0 Å². The van der Waals surface area contributed by atoms with Crippen LogP contribution in [0.3, 0.4) is 0 Å². The van der Waals surface area contributed by atoms with Crippen LogP contribution in [-0.2, 0) is 0 Å². The molecule has 1 atom stereocenters. The number of nitrogens with one attached hydrogen (secondary N) is 1. The Hall–Kier alpha value is -0.980. The molecule has 1 rings (SSSR count). The number of aromatic nitrogens is 1. The Balaban J connectivity index is 2.44. The third kappa shape index (κ3) is 4.41. The topological polar surface area (TPSA) is 82.5 Å². The van der Waals surface area contributed by atoms with E-state index in [-0.39, 0.29) is 19.1 Å². The molecular weight excluding hydrogens is 240 g/mol. The number of hydrogen-bond donors (Lipinski definition) is 3. The summed E-state index contributed by atoms with van der Waals surface area (Å²) in [5.41, 5.74) is 0.649. The minimum Gasteiger partial charge on any atom is -0.396 e. The molecule has 0 saturated carbocycles. The van der Waals surface area contributed by atoms with Gasteiger partial charge in [0.15, 0.2) is 0 Å².